The number of carbonyl (C=O) groups is 1. The van der Waals surface area contributed by atoms with E-state index in [0.29, 0.717) is 36.1 Å². The minimum Gasteiger partial charge on any atom is -0.872 e. The Balaban J connectivity index is 0.00000338. The first-order valence-corrected chi connectivity index (χ1v) is 8.22. The molecule has 2 aromatic rings. The summed E-state index contributed by atoms with van der Waals surface area (Å²) in [4.78, 5) is 11.6. The zero-order valence-electron chi connectivity index (χ0n) is 15.5. The Labute approximate surface area is 170 Å². The molecule has 0 atom stereocenters. The normalized spacial score (nSPS) is 9.96. The molecule has 0 aliphatic carbocycles. The Bertz CT molecular complexity index is 778. The predicted octanol–water partition coefficient (Wildman–Crippen LogP) is 2.05. The molecule has 0 bridgehead atoms. The maximum absolute atomic E-state index is 12.7. The van der Waals surface area contributed by atoms with E-state index in [2.05, 4.69) is 0 Å². The Kier molecular flexibility index (Phi) is 8.68. The van der Waals surface area contributed by atoms with Gasteiger partial charge >= 0.3 is 23.1 Å². The van der Waals surface area contributed by atoms with Crippen LogP contribution in [0.4, 0.5) is 0 Å². The fraction of sp³-hybridized carbons (Fsp3) is 0.286. The maximum Gasteiger partial charge on any atom is 2.00 e. The van der Waals surface area contributed by atoms with Crippen molar-refractivity contribution in [3.8, 4) is 11.5 Å². The van der Waals surface area contributed by atoms with E-state index < -0.39 is 11.7 Å². The van der Waals surface area contributed by atoms with E-state index in [0.717, 1.165) is 11.1 Å². The molecule has 0 heterocycles. The molecule has 0 saturated carbocycles. The van der Waals surface area contributed by atoms with Gasteiger partial charge in [-0.1, -0.05) is 47.7 Å². The van der Waals surface area contributed by atoms with Gasteiger partial charge in [0, 0.05) is 0 Å². The van der Waals surface area contributed by atoms with E-state index in [1.165, 1.54) is 7.11 Å². The van der Waals surface area contributed by atoms with Crippen LogP contribution in [-0.4, -0.2) is 36.1 Å². The third-order valence-corrected chi connectivity index (χ3v) is 4.09. The van der Waals surface area contributed by atoms with Crippen LogP contribution in [0.1, 0.15) is 40.9 Å². The molecule has 4 nitrogen and oxygen atoms in total. The molecule has 0 unspecified atom stereocenters. The summed E-state index contributed by atoms with van der Waals surface area (Å²) >= 11 is 0. The zero-order chi connectivity index (χ0) is 18.4. The van der Waals surface area contributed by atoms with Gasteiger partial charge in [-0.15, -0.1) is 0 Å². The average molecular weight is 363 g/mol. The van der Waals surface area contributed by atoms with E-state index in [-0.39, 0.29) is 28.6 Å². The number of aryl methyl sites for hydroxylation is 2. The number of aromatic carboxylic acids is 1. The molecule has 0 amide bonds. The molecule has 0 fully saturated rings. The molecule has 5 heteroatoms. The van der Waals surface area contributed by atoms with Crippen molar-refractivity contribution in [3.05, 3.63) is 70.3 Å². The van der Waals surface area contributed by atoms with Gasteiger partial charge < -0.3 is 19.7 Å². The van der Waals surface area contributed by atoms with Crippen molar-refractivity contribution in [2.75, 3.05) is 7.11 Å². The van der Waals surface area contributed by atoms with Crippen molar-refractivity contribution >= 4 is 29.0 Å². The van der Waals surface area contributed by atoms with E-state index >= 15 is 0 Å². The van der Waals surface area contributed by atoms with Crippen LogP contribution in [0.2, 0.25) is 0 Å². The Hall–Kier alpha value is -1.98. The minimum atomic E-state index is -1.44. The Morgan fingerprint density at radius 1 is 1.15 bits per heavy atom. The average Bonchev–Trinajstić information content (AvgIpc) is 2.58. The SMILES string of the molecule is COc1cc(CCc2ccccc2)c(C(=O)[O-])c([O-])c1CC=C(C)C.[Mg+2]. The number of methoxy groups -OCH3 is 1. The number of hydrogen-bond donors (Lipinski definition) is 0. The molecular weight excluding hydrogens is 341 g/mol. The molecule has 0 spiro atoms. The van der Waals surface area contributed by atoms with E-state index in [9.17, 15) is 15.0 Å². The van der Waals surface area contributed by atoms with Gasteiger partial charge in [0.1, 0.15) is 5.75 Å². The smallest absolute Gasteiger partial charge is 0.872 e. The second-order valence-corrected chi connectivity index (χ2v) is 6.18. The largest absolute Gasteiger partial charge is 2.00 e. The van der Waals surface area contributed by atoms with Crippen LogP contribution in [-0.2, 0) is 19.3 Å². The van der Waals surface area contributed by atoms with Crippen LogP contribution in [0.25, 0.3) is 0 Å². The monoisotopic (exact) mass is 362 g/mol. The van der Waals surface area contributed by atoms with Crippen LogP contribution in [0.15, 0.2) is 48.0 Å². The summed E-state index contributed by atoms with van der Waals surface area (Å²) < 4.78 is 5.34. The van der Waals surface area contributed by atoms with Crippen LogP contribution in [0, 0.1) is 0 Å². The number of rotatable bonds is 7. The number of carboxylic acid groups (broad SMARTS) is 1. The zero-order valence-corrected chi connectivity index (χ0v) is 16.9. The summed E-state index contributed by atoms with van der Waals surface area (Å²) in [7, 11) is 1.49. The first-order chi connectivity index (χ1) is 11.9. The maximum atomic E-state index is 12.7. The van der Waals surface area contributed by atoms with E-state index in [4.69, 9.17) is 4.74 Å². The Morgan fingerprint density at radius 2 is 1.81 bits per heavy atom. The van der Waals surface area contributed by atoms with Gasteiger partial charge in [0.05, 0.1) is 13.1 Å². The topological polar surface area (TPSA) is 72.4 Å². The van der Waals surface area contributed by atoms with Crippen molar-refractivity contribution in [1.29, 1.82) is 0 Å². The van der Waals surface area contributed by atoms with Gasteiger partial charge in [-0.3, -0.25) is 0 Å². The fourth-order valence-electron chi connectivity index (χ4n) is 2.75. The minimum absolute atomic E-state index is 0. The summed E-state index contributed by atoms with van der Waals surface area (Å²) in [6.45, 7) is 3.84. The molecule has 0 aromatic heterocycles. The first kappa shape index (κ1) is 22.1. The van der Waals surface area contributed by atoms with Crippen molar-refractivity contribution in [3.63, 3.8) is 0 Å². The molecule has 0 saturated heterocycles. The van der Waals surface area contributed by atoms with Crippen molar-refractivity contribution in [2.45, 2.75) is 33.1 Å². The van der Waals surface area contributed by atoms with Gasteiger partial charge in [0.15, 0.2) is 0 Å². The standard InChI is InChI=1S/C21H24O4.Mg/c1-14(2)9-12-17-18(25-3)13-16(19(20(17)22)21(23)24)11-10-15-7-5-4-6-8-15;/h4-9,13,22H,10-12H2,1-3H3,(H,23,24);/q;+2/p-2. The molecule has 0 aliphatic heterocycles. The fourth-order valence-corrected chi connectivity index (χ4v) is 2.75. The van der Waals surface area contributed by atoms with Gasteiger partial charge in [-0.25, -0.2) is 0 Å². The van der Waals surface area contributed by atoms with Crippen LogP contribution < -0.4 is 14.9 Å². The quantitative estimate of drug-likeness (QED) is 0.558. The van der Waals surface area contributed by atoms with Gasteiger partial charge in [0.2, 0.25) is 0 Å². The van der Waals surface area contributed by atoms with Crippen LogP contribution in [0.5, 0.6) is 11.5 Å². The van der Waals surface area contributed by atoms with Gasteiger partial charge in [-0.05, 0) is 61.4 Å². The number of hydrogen-bond acceptors (Lipinski definition) is 4. The van der Waals surface area contributed by atoms with Crippen molar-refractivity contribution < 1.29 is 19.7 Å². The first-order valence-electron chi connectivity index (χ1n) is 8.22. The summed E-state index contributed by atoms with van der Waals surface area (Å²) in [6.07, 6.45) is 3.28. The number of carboxylic acids is 1. The summed E-state index contributed by atoms with van der Waals surface area (Å²) in [5.41, 5.74) is 2.67. The molecule has 26 heavy (non-hydrogen) atoms. The number of ether oxygens (including phenoxy) is 1. The predicted molar refractivity (Wildman–Crippen MR) is 99.5 cm³/mol. The van der Waals surface area contributed by atoms with E-state index in [1.807, 2.05) is 50.3 Å². The molecular formula is C21H22MgO4. The second-order valence-electron chi connectivity index (χ2n) is 6.18. The van der Waals surface area contributed by atoms with E-state index in [1.54, 1.807) is 6.07 Å². The Morgan fingerprint density at radius 3 is 2.35 bits per heavy atom. The number of allylic oxidation sites excluding steroid dienone is 2. The molecule has 0 radical (unpaired) electrons. The molecule has 132 valence electrons. The van der Waals surface area contributed by atoms with Gasteiger partial charge in [-0.2, -0.15) is 0 Å². The molecule has 0 aliphatic rings. The third kappa shape index (κ3) is 5.51. The number of benzene rings is 2. The summed E-state index contributed by atoms with van der Waals surface area (Å²) in [5.74, 6) is -1.52. The van der Waals surface area contributed by atoms with Crippen LogP contribution >= 0.6 is 0 Å². The summed E-state index contributed by atoms with van der Waals surface area (Å²) in [6, 6.07) is 11.4. The third-order valence-electron chi connectivity index (χ3n) is 4.09. The van der Waals surface area contributed by atoms with Crippen molar-refractivity contribution in [2.24, 2.45) is 0 Å². The summed E-state index contributed by atoms with van der Waals surface area (Å²) in [5, 5.41) is 24.3. The molecule has 2 rings (SSSR count). The van der Waals surface area contributed by atoms with Crippen molar-refractivity contribution in [1.82, 2.24) is 0 Å². The van der Waals surface area contributed by atoms with Crippen LogP contribution in [0.3, 0.4) is 0 Å². The molecule has 2 aromatic carbocycles. The number of carbonyl (C=O) groups excluding carboxylic acids is 1. The van der Waals surface area contributed by atoms with Gasteiger partial charge in [0.25, 0.3) is 0 Å². The molecule has 0 N–H and O–H groups in total. The second kappa shape index (κ2) is 10.2.